The van der Waals surface area contributed by atoms with Crippen LogP contribution in [0.1, 0.15) is 11.1 Å². The summed E-state index contributed by atoms with van der Waals surface area (Å²) in [6.07, 6.45) is 0. The Morgan fingerprint density at radius 2 is 2.05 bits per heavy atom. The molecule has 0 aromatic heterocycles. The fourth-order valence-electron chi connectivity index (χ4n) is 1.72. The molecule has 100 valence electrons. The van der Waals surface area contributed by atoms with Gasteiger partial charge in [-0.05, 0) is 36.2 Å². The Morgan fingerprint density at radius 3 is 2.74 bits per heavy atom. The molecule has 0 bridgehead atoms. The molecule has 0 unspecified atom stereocenters. The van der Waals surface area contributed by atoms with E-state index >= 15 is 0 Å². The molecule has 0 saturated carbocycles. The highest BCUT2D eigenvalue weighted by Crippen LogP contribution is 2.30. The number of methoxy groups -OCH3 is 1. The Labute approximate surface area is 116 Å². The maximum atomic E-state index is 13.8. The lowest BCUT2D eigenvalue weighted by atomic mass is 10.2. The van der Waals surface area contributed by atoms with E-state index in [1.165, 1.54) is 13.2 Å². The zero-order valence-corrected chi connectivity index (χ0v) is 11.8. The van der Waals surface area contributed by atoms with E-state index in [1.54, 1.807) is 23.9 Å². The third kappa shape index (κ3) is 3.20. The van der Waals surface area contributed by atoms with Gasteiger partial charge in [0, 0.05) is 22.4 Å². The topological polar surface area (TPSA) is 35.2 Å². The normalized spacial score (nSPS) is 10.5. The van der Waals surface area contributed by atoms with Gasteiger partial charge in [0.2, 0.25) is 0 Å². The fourth-order valence-corrected chi connectivity index (χ4v) is 2.77. The minimum absolute atomic E-state index is 0.242. The lowest BCUT2D eigenvalue weighted by Crippen LogP contribution is -1.93. The number of ether oxygens (including phenoxy) is 1. The largest absolute Gasteiger partial charge is 0.497 e. The van der Waals surface area contributed by atoms with Crippen LogP contribution in [0.4, 0.5) is 10.1 Å². The number of nitrogens with two attached hydrogens (primary N) is 1. The van der Waals surface area contributed by atoms with E-state index in [9.17, 15) is 4.39 Å². The average molecular weight is 277 g/mol. The van der Waals surface area contributed by atoms with Crippen LogP contribution in [0.25, 0.3) is 0 Å². The maximum Gasteiger partial charge on any atom is 0.130 e. The summed E-state index contributed by atoms with van der Waals surface area (Å²) in [4.78, 5) is 1.08. The molecule has 2 aromatic carbocycles. The summed E-state index contributed by atoms with van der Waals surface area (Å²) in [5.74, 6) is 0.861. The third-order valence-corrected chi connectivity index (χ3v) is 4.18. The first-order valence-corrected chi connectivity index (χ1v) is 6.90. The van der Waals surface area contributed by atoms with Gasteiger partial charge >= 0.3 is 0 Å². The van der Waals surface area contributed by atoms with E-state index in [0.29, 0.717) is 17.1 Å². The highest BCUT2D eigenvalue weighted by molar-refractivity contribution is 7.98. The predicted octanol–water partition coefficient (Wildman–Crippen LogP) is 4.02. The van der Waals surface area contributed by atoms with Gasteiger partial charge in [-0.1, -0.05) is 12.1 Å². The maximum absolute atomic E-state index is 13.8. The lowest BCUT2D eigenvalue weighted by Gasteiger charge is -2.09. The Balaban J connectivity index is 2.12. The van der Waals surface area contributed by atoms with Crippen LogP contribution in [0.5, 0.6) is 5.75 Å². The molecule has 2 nitrogen and oxygen atoms in total. The van der Waals surface area contributed by atoms with Crippen LogP contribution in [0, 0.1) is 12.7 Å². The van der Waals surface area contributed by atoms with E-state index in [4.69, 9.17) is 10.5 Å². The molecular formula is C15H16FNOS. The molecule has 4 heteroatoms. The van der Waals surface area contributed by atoms with Gasteiger partial charge in [0.15, 0.2) is 0 Å². The molecular weight excluding hydrogens is 261 g/mol. The molecule has 0 amide bonds. The minimum Gasteiger partial charge on any atom is -0.497 e. The molecule has 2 N–H and O–H groups in total. The molecule has 0 fully saturated rings. The van der Waals surface area contributed by atoms with Crippen molar-refractivity contribution in [2.45, 2.75) is 17.6 Å². The zero-order chi connectivity index (χ0) is 13.8. The molecule has 0 aliphatic heterocycles. The number of benzene rings is 2. The van der Waals surface area contributed by atoms with Gasteiger partial charge in [-0.3, -0.25) is 0 Å². The van der Waals surface area contributed by atoms with Crippen LogP contribution >= 0.6 is 11.8 Å². The van der Waals surface area contributed by atoms with Gasteiger partial charge in [0.1, 0.15) is 11.6 Å². The van der Waals surface area contributed by atoms with Crippen molar-refractivity contribution in [1.29, 1.82) is 0 Å². The van der Waals surface area contributed by atoms with Crippen molar-refractivity contribution in [3.63, 3.8) is 0 Å². The average Bonchev–Trinajstić information content (AvgIpc) is 2.41. The lowest BCUT2D eigenvalue weighted by molar-refractivity contribution is 0.411. The summed E-state index contributed by atoms with van der Waals surface area (Å²) in [6.45, 7) is 1.97. The van der Waals surface area contributed by atoms with Gasteiger partial charge in [-0.25, -0.2) is 4.39 Å². The van der Waals surface area contributed by atoms with Crippen LogP contribution < -0.4 is 10.5 Å². The molecule has 0 spiro atoms. The highest BCUT2D eigenvalue weighted by Gasteiger charge is 2.07. The SMILES string of the molecule is COc1ccc(CSc2cccc(N)c2C)c(F)c1. The van der Waals surface area contributed by atoms with E-state index in [-0.39, 0.29) is 5.82 Å². The first kappa shape index (κ1) is 13.7. The summed E-state index contributed by atoms with van der Waals surface area (Å²) in [5, 5.41) is 0. The Kier molecular flexibility index (Phi) is 4.32. The van der Waals surface area contributed by atoms with E-state index in [0.717, 1.165) is 16.1 Å². The van der Waals surface area contributed by atoms with Crippen molar-refractivity contribution in [1.82, 2.24) is 0 Å². The second-order valence-electron chi connectivity index (χ2n) is 4.22. The number of rotatable bonds is 4. The van der Waals surface area contributed by atoms with Gasteiger partial charge in [0.25, 0.3) is 0 Å². The van der Waals surface area contributed by atoms with Crippen molar-refractivity contribution in [2.24, 2.45) is 0 Å². The smallest absolute Gasteiger partial charge is 0.130 e. The standard InChI is InChI=1S/C15H16FNOS/c1-10-14(17)4-3-5-15(10)19-9-11-6-7-12(18-2)8-13(11)16/h3-8H,9,17H2,1-2H3. The van der Waals surface area contributed by atoms with Crippen molar-refractivity contribution >= 4 is 17.4 Å². The molecule has 0 saturated heterocycles. The molecule has 2 aromatic rings. The Morgan fingerprint density at radius 1 is 1.26 bits per heavy atom. The fraction of sp³-hybridized carbons (Fsp3) is 0.200. The monoisotopic (exact) mass is 277 g/mol. The van der Waals surface area contributed by atoms with Crippen molar-refractivity contribution < 1.29 is 9.13 Å². The van der Waals surface area contributed by atoms with Crippen molar-refractivity contribution in [3.8, 4) is 5.75 Å². The summed E-state index contributed by atoms with van der Waals surface area (Å²) in [5.41, 5.74) is 8.32. The summed E-state index contributed by atoms with van der Waals surface area (Å²) < 4.78 is 18.8. The number of anilines is 1. The zero-order valence-electron chi connectivity index (χ0n) is 10.9. The molecule has 0 heterocycles. The van der Waals surface area contributed by atoms with E-state index in [2.05, 4.69) is 0 Å². The predicted molar refractivity (Wildman–Crippen MR) is 78.1 cm³/mol. The van der Waals surface area contributed by atoms with Crippen LogP contribution in [0.3, 0.4) is 0 Å². The molecule has 0 atom stereocenters. The van der Waals surface area contributed by atoms with Crippen LogP contribution in [0.15, 0.2) is 41.3 Å². The summed E-state index contributed by atoms with van der Waals surface area (Å²) in [6, 6.07) is 10.7. The second kappa shape index (κ2) is 5.97. The summed E-state index contributed by atoms with van der Waals surface area (Å²) >= 11 is 1.58. The number of hydrogen-bond donors (Lipinski definition) is 1. The van der Waals surface area contributed by atoms with Crippen LogP contribution in [-0.4, -0.2) is 7.11 Å². The number of halogens is 1. The van der Waals surface area contributed by atoms with E-state index < -0.39 is 0 Å². The van der Waals surface area contributed by atoms with Gasteiger partial charge in [0.05, 0.1) is 7.11 Å². The molecule has 0 radical (unpaired) electrons. The minimum atomic E-state index is -0.242. The first-order chi connectivity index (χ1) is 9.11. The third-order valence-electron chi connectivity index (χ3n) is 2.97. The van der Waals surface area contributed by atoms with Gasteiger partial charge in [-0.2, -0.15) is 0 Å². The molecule has 2 rings (SSSR count). The van der Waals surface area contributed by atoms with Crippen LogP contribution in [-0.2, 0) is 5.75 Å². The van der Waals surface area contributed by atoms with Crippen molar-refractivity contribution in [3.05, 3.63) is 53.3 Å². The van der Waals surface area contributed by atoms with Crippen LogP contribution in [0.2, 0.25) is 0 Å². The van der Waals surface area contributed by atoms with Gasteiger partial charge < -0.3 is 10.5 Å². The first-order valence-electron chi connectivity index (χ1n) is 5.92. The highest BCUT2D eigenvalue weighted by atomic mass is 32.2. The van der Waals surface area contributed by atoms with Crippen molar-refractivity contribution in [2.75, 3.05) is 12.8 Å². The second-order valence-corrected chi connectivity index (χ2v) is 5.23. The number of nitrogen functional groups attached to an aromatic ring is 1. The Hall–Kier alpha value is -1.68. The molecule has 0 aliphatic carbocycles. The quantitative estimate of drug-likeness (QED) is 0.677. The Bertz CT molecular complexity index is 586. The van der Waals surface area contributed by atoms with E-state index in [1.807, 2.05) is 25.1 Å². The number of thioether (sulfide) groups is 1. The number of hydrogen-bond acceptors (Lipinski definition) is 3. The van der Waals surface area contributed by atoms with Gasteiger partial charge in [-0.15, -0.1) is 11.8 Å². The molecule has 0 aliphatic rings. The summed E-state index contributed by atoms with van der Waals surface area (Å²) in [7, 11) is 1.53. The molecule has 19 heavy (non-hydrogen) atoms.